The Morgan fingerprint density at radius 2 is 1.44 bits per heavy atom. The summed E-state index contributed by atoms with van der Waals surface area (Å²) in [7, 11) is 0. The van der Waals surface area contributed by atoms with Crippen LogP contribution in [0.25, 0.3) is 0 Å². The van der Waals surface area contributed by atoms with E-state index in [1.807, 2.05) is 0 Å². The van der Waals surface area contributed by atoms with Gasteiger partial charge in [0, 0.05) is 19.1 Å². The maximum Gasteiger partial charge on any atom is 0.00959 e. The Kier molecular flexibility index (Phi) is 3.73. The summed E-state index contributed by atoms with van der Waals surface area (Å²) in [5, 5.41) is 0. The molecule has 0 aromatic carbocycles. The molecule has 0 bridgehead atoms. The van der Waals surface area contributed by atoms with E-state index in [2.05, 4.69) is 17.1 Å². The van der Waals surface area contributed by atoms with Gasteiger partial charge in [0.15, 0.2) is 0 Å². The van der Waals surface area contributed by atoms with Gasteiger partial charge in [-0.15, -0.1) is 0 Å². The lowest BCUT2D eigenvalue weighted by atomic mass is 9.83. The van der Waals surface area contributed by atoms with Crippen molar-refractivity contribution >= 4 is 0 Å². The monoisotopic (exact) mass is 221 g/mol. The van der Waals surface area contributed by atoms with Crippen LogP contribution in [-0.2, 0) is 0 Å². The fraction of sp³-hybridized carbons (Fsp3) is 0.867. The van der Waals surface area contributed by atoms with Gasteiger partial charge in [0.25, 0.3) is 0 Å². The number of hydrogen-bond donors (Lipinski definition) is 0. The van der Waals surface area contributed by atoms with Crippen molar-refractivity contribution in [2.45, 2.75) is 64.8 Å². The molecule has 1 spiro atoms. The Labute approximate surface area is 101 Å². The standard InChI is InChI=1S/C14H23N.CH4/c1-2-4-12-15(11-3-1)13-5-7-14(8-6-13)9-10-14;/h1-2,13H,3-12H2;1H4. The zero-order valence-electron chi connectivity index (χ0n) is 9.75. The van der Waals surface area contributed by atoms with Crippen LogP contribution in [0, 0.1) is 5.41 Å². The normalized spacial score (nSPS) is 29.8. The minimum Gasteiger partial charge on any atom is -0.300 e. The predicted octanol–water partition coefficient (Wildman–Crippen LogP) is 4.00. The SMILES string of the molecule is C.C1=CCCN(C2CCC3(CC2)CC3)CC1. The van der Waals surface area contributed by atoms with Crippen LogP contribution in [0.3, 0.4) is 0 Å². The van der Waals surface area contributed by atoms with Crippen LogP contribution in [0.4, 0.5) is 0 Å². The molecule has 1 heteroatoms. The van der Waals surface area contributed by atoms with E-state index in [9.17, 15) is 0 Å². The van der Waals surface area contributed by atoms with Crippen LogP contribution >= 0.6 is 0 Å². The second-order valence-electron chi connectivity index (χ2n) is 5.82. The summed E-state index contributed by atoms with van der Waals surface area (Å²) in [5.74, 6) is 0. The molecule has 2 fully saturated rings. The fourth-order valence-corrected chi connectivity index (χ4v) is 3.45. The molecule has 0 radical (unpaired) electrons. The molecule has 0 unspecified atom stereocenters. The van der Waals surface area contributed by atoms with Crippen molar-refractivity contribution in [2.75, 3.05) is 13.1 Å². The third-order valence-electron chi connectivity index (χ3n) is 4.82. The summed E-state index contributed by atoms with van der Waals surface area (Å²) < 4.78 is 0. The van der Waals surface area contributed by atoms with E-state index in [1.54, 1.807) is 12.8 Å². The summed E-state index contributed by atoms with van der Waals surface area (Å²) >= 11 is 0. The van der Waals surface area contributed by atoms with Gasteiger partial charge in [-0.25, -0.2) is 0 Å². The molecule has 16 heavy (non-hydrogen) atoms. The van der Waals surface area contributed by atoms with E-state index in [0.717, 1.165) is 11.5 Å². The molecule has 0 saturated heterocycles. The molecule has 1 nitrogen and oxygen atoms in total. The van der Waals surface area contributed by atoms with Gasteiger partial charge in [0.2, 0.25) is 0 Å². The fourth-order valence-electron chi connectivity index (χ4n) is 3.45. The van der Waals surface area contributed by atoms with Crippen molar-refractivity contribution in [3.8, 4) is 0 Å². The molecular weight excluding hydrogens is 194 g/mol. The van der Waals surface area contributed by atoms with Gasteiger partial charge < -0.3 is 0 Å². The third kappa shape index (κ3) is 2.51. The van der Waals surface area contributed by atoms with Crippen LogP contribution in [0.1, 0.15) is 58.8 Å². The molecule has 0 aromatic rings. The minimum absolute atomic E-state index is 0. The Balaban J connectivity index is 0.000000963. The molecule has 2 aliphatic carbocycles. The van der Waals surface area contributed by atoms with E-state index in [4.69, 9.17) is 0 Å². The van der Waals surface area contributed by atoms with Crippen molar-refractivity contribution in [1.82, 2.24) is 4.90 Å². The van der Waals surface area contributed by atoms with E-state index in [1.165, 1.54) is 51.6 Å². The second kappa shape index (κ2) is 4.91. The summed E-state index contributed by atoms with van der Waals surface area (Å²) in [6.45, 7) is 2.63. The zero-order chi connectivity index (χ0) is 10.1. The van der Waals surface area contributed by atoms with Gasteiger partial charge in [-0.2, -0.15) is 0 Å². The summed E-state index contributed by atoms with van der Waals surface area (Å²) in [6, 6.07) is 0.927. The van der Waals surface area contributed by atoms with Crippen LogP contribution in [-0.4, -0.2) is 24.0 Å². The Bertz CT molecular complexity index is 232. The molecule has 3 aliphatic rings. The van der Waals surface area contributed by atoms with Gasteiger partial charge >= 0.3 is 0 Å². The highest BCUT2D eigenvalue weighted by Crippen LogP contribution is 2.56. The quantitative estimate of drug-likeness (QED) is 0.605. The molecular formula is C15H27N. The highest BCUT2D eigenvalue weighted by atomic mass is 15.2. The van der Waals surface area contributed by atoms with Gasteiger partial charge in [-0.05, 0) is 56.8 Å². The van der Waals surface area contributed by atoms with Crippen molar-refractivity contribution in [2.24, 2.45) is 5.41 Å². The summed E-state index contributed by atoms with van der Waals surface area (Å²) in [5.41, 5.74) is 0.862. The van der Waals surface area contributed by atoms with Crippen LogP contribution in [0.5, 0.6) is 0 Å². The van der Waals surface area contributed by atoms with Crippen LogP contribution in [0.15, 0.2) is 12.2 Å². The first-order chi connectivity index (χ1) is 7.38. The molecule has 0 atom stereocenters. The first-order valence-electron chi connectivity index (χ1n) is 6.77. The molecule has 92 valence electrons. The molecule has 0 N–H and O–H groups in total. The lowest BCUT2D eigenvalue weighted by Crippen LogP contribution is -2.39. The number of hydrogen-bond acceptors (Lipinski definition) is 1. The topological polar surface area (TPSA) is 3.24 Å². The third-order valence-corrected chi connectivity index (χ3v) is 4.82. The van der Waals surface area contributed by atoms with Gasteiger partial charge in [-0.3, -0.25) is 4.90 Å². The predicted molar refractivity (Wildman–Crippen MR) is 70.6 cm³/mol. The first-order valence-corrected chi connectivity index (χ1v) is 6.77. The molecule has 2 saturated carbocycles. The second-order valence-corrected chi connectivity index (χ2v) is 5.82. The highest BCUT2D eigenvalue weighted by Gasteiger charge is 2.45. The minimum atomic E-state index is 0. The lowest BCUT2D eigenvalue weighted by Gasteiger charge is -2.36. The van der Waals surface area contributed by atoms with Crippen LogP contribution in [0.2, 0.25) is 0 Å². The molecule has 3 rings (SSSR count). The van der Waals surface area contributed by atoms with Crippen molar-refractivity contribution in [3.63, 3.8) is 0 Å². The van der Waals surface area contributed by atoms with Gasteiger partial charge in [-0.1, -0.05) is 19.6 Å². The van der Waals surface area contributed by atoms with E-state index < -0.39 is 0 Å². The smallest absolute Gasteiger partial charge is 0.00959 e. The van der Waals surface area contributed by atoms with Crippen molar-refractivity contribution in [1.29, 1.82) is 0 Å². The average molecular weight is 221 g/mol. The highest BCUT2D eigenvalue weighted by molar-refractivity contribution is 4.99. The Morgan fingerprint density at radius 3 is 1.94 bits per heavy atom. The van der Waals surface area contributed by atoms with E-state index in [-0.39, 0.29) is 7.43 Å². The lowest BCUT2D eigenvalue weighted by molar-refractivity contribution is 0.135. The van der Waals surface area contributed by atoms with Gasteiger partial charge in [0.1, 0.15) is 0 Å². The van der Waals surface area contributed by atoms with Crippen LogP contribution < -0.4 is 0 Å². The Morgan fingerprint density at radius 1 is 0.875 bits per heavy atom. The Hall–Kier alpha value is -0.300. The maximum atomic E-state index is 2.76. The average Bonchev–Trinajstić information content (AvgIpc) is 3.05. The summed E-state index contributed by atoms with van der Waals surface area (Å²) in [6.07, 6.45) is 16.4. The molecule has 0 aromatic heterocycles. The van der Waals surface area contributed by atoms with Gasteiger partial charge in [0.05, 0.1) is 0 Å². The van der Waals surface area contributed by atoms with Crippen molar-refractivity contribution < 1.29 is 0 Å². The largest absolute Gasteiger partial charge is 0.300 e. The van der Waals surface area contributed by atoms with E-state index >= 15 is 0 Å². The number of rotatable bonds is 1. The molecule has 0 amide bonds. The summed E-state index contributed by atoms with van der Waals surface area (Å²) in [4.78, 5) is 2.76. The zero-order valence-corrected chi connectivity index (χ0v) is 9.75. The maximum absolute atomic E-state index is 2.76. The molecule has 1 aliphatic heterocycles. The number of nitrogens with zero attached hydrogens (tertiary/aromatic N) is 1. The molecule has 1 heterocycles. The van der Waals surface area contributed by atoms with E-state index in [0.29, 0.717) is 0 Å². The van der Waals surface area contributed by atoms with Crippen molar-refractivity contribution in [3.05, 3.63) is 12.2 Å². The first kappa shape index (κ1) is 12.2.